The lowest BCUT2D eigenvalue weighted by molar-refractivity contribution is 0.158. The van der Waals surface area contributed by atoms with Gasteiger partial charge in [-0.05, 0) is 37.1 Å². The molecular weight excluding hydrogens is 274 g/mol. The van der Waals surface area contributed by atoms with E-state index in [0.29, 0.717) is 24.8 Å². The van der Waals surface area contributed by atoms with Crippen LogP contribution in [0.2, 0.25) is 0 Å². The average molecular weight is 295 g/mol. The van der Waals surface area contributed by atoms with Crippen molar-refractivity contribution in [3.8, 4) is 0 Å². The van der Waals surface area contributed by atoms with Gasteiger partial charge in [0.2, 0.25) is 10.0 Å². The minimum absolute atomic E-state index is 0.0464. The number of piperazine rings is 1. The number of nitrogens with zero attached hydrogens (tertiary/aromatic N) is 2. The van der Waals surface area contributed by atoms with Gasteiger partial charge >= 0.3 is 0 Å². The zero-order valence-corrected chi connectivity index (χ0v) is 12.3. The van der Waals surface area contributed by atoms with E-state index in [4.69, 9.17) is 5.73 Å². The number of rotatable bonds is 3. The van der Waals surface area contributed by atoms with Crippen molar-refractivity contribution in [1.82, 2.24) is 9.21 Å². The lowest BCUT2D eigenvalue weighted by atomic mass is 10.2. The summed E-state index contributed by atoms with van der Waals surface area (Å²) >= 11 is 0. The number of hydrogen-bond acceptors (Lipinski definition) is 4. The number of fused-ring (bicyclic) bond motifs is 1. The highest BCUT2D eigenvalue weighted by molar-refractivity contribution is 7.88. The summed E-state index contributed by atoms with van der Waals surface area (Å²) in [7, 11) is -3.24. The average Bonchev–Trinajstić information content (AvgIpc) is 2.85. The van der Waals surface area contributed by atoms with Gasteiger partial charge in [-0.3, -0.25) is 4.90 Å². The van der Waals surface area contributed by atoms with E-state index in [9.17, 15) is 8.42 Å². The molecule has 20 heavy (non-hydrogen) atoms. The Balaban J connectivity index is 1.72. The molecule has 0 saturated carbocycles. The van der Waals surface area contributed by atoms with Crippen LogP contribution in [0.4, 0.5) is 5.69 Å². The van der Waals surface area contributed by atoms with E-state index in [-0.39, 0.29) is 5.75 Å². The highest BCUT2D eigenvalue weighted by atomic mass is 32.2. The lowest BCUT2D eigenvalue weighted by Crippen LogP contribution is -2.52. The summed E-state index contributed by atoms with van der Waals surface area (Å²) < 4.78 is 26.7. The normalized spacial score (nSPS) is 24.7. The van der Waals surface area contributed by atoms with E-state index in [1.54, 1.807) is 22.5 Å². The van der Waals surface area contributed by atoms with Crippen molar-refractivity contribution in [2.45, 2.75) is 24.6 Å². The van der Waals surface area contributed by atoms with Gasteiger partial charge in [0.15, 0.2) is 0 Å². The Morgan fingerprint density at radius 3 is 2.90 bits per heavy atom. The molecule has 5 nitrogen and oxygen atoms in total. The summed E-state index contributed by atoms with van der Waals surface area (Å²) in [6.07, 6.45) is 2.30. The molecule has 6 heteroatoms. The van der Waals surface area contributed by atoms with E-state index in [0.717, 1.165) is 25.1 Å². The molecule has 2 heterocycles. The van der Waals surface area contributed by atoms with Crippen molar-refractivity contribution < 1.29 is 8.42 Å². The minimum atomic E-state index is -3.24. The van der Waals surface area contributed by atoms with Crippen LogP contribution in [0.1, 0.15) is 18.4 Å². The molecule has 0 bridgehead atoms. The molecule has 2 aliphatic rings. The molecule has 2 aliphatic heterocycles. The molecule has 110 valence electrons. The van der Waals surface area contributed by atoms with Gasteiger partial charge < -0.3 is 5.73 Å². The van der Waals surface area contributed by atoms with Crippen LogP contribution in [0.5, 0.6) is 0 Å². The molecule has 0 amide bonds. The highest BCUT2D eigenvalue weighted by Crippen LogP contribution is 2.24. The Kier molecular flexibility index (Phi) is 3.70. The fraction of sp³-hybridized carbons (Fsp3) is 0.571. The maximum atomic E-state index is 12.5. The number of nitrogen functional groups attached to an aromatic ring is 1. The van der Waals surface area contributed by atoms with Gasteiger partial charge in [-0.15, -0.1) is 0 Å². The molecule has 1 aromatic rings. The number of nitrogens with two attached hydrogens (primary N) is 1. The van der Waals surface area contributed by atoms with Gasteiger partial charge in [0.1, 0.15) is 0 Å². The monoisotopic (exact) mass is 295 g/mol. The predicted octanol–water partition coefficient (Wildman–Crippen LogP) is 0.879. The zero-order chi connectivity index (χ0) is 14.2. The summed E-state index contributed by atoms with van der Waals surface area (Å²) in [6.45, 7) is 3.24. The molecule has 0 spiro atoms. The van der Waals surface area contributed by atoms with E-state index >= 15 is 0 Å². The van der Waals surface area contributed by atoms with Crippen LogP contribution in [0, 0.1) is 0 Å². The van der Waals surface area contributed by atoms with Crippen LogP contribution in [0.15, 0.2) is 24.3 Å². The molecular formula is C14H21N3O2S. The Bertz CT molecular complexity index is 588. The van der Waals surface area contributed by atoms with Crippen molar-refractivity contribution in [3.05, 3.63) is 29.8 Å². The van der Waals surface area contributed by atoms with Gasteiger partial charge in [-0.25, -0.2) is 8.42 Å². The standard InChI is InChI=1S/C14H21N3O2S/c15-13-4-1-3-12(9-13)11-20(18,19)17-8-7-16-6-2-5-14(16)10-17/h1,3-4,9,14H,2,5-8,10-11,15H2. The first-order valence-corrected chi connectivity index (χ1v) is 8.72. The molecule has 1 unspecified atom stereocenters. The van der Waals surface area contributed by atoms with Crippen molar-refractivity contribution in [2.75, 3.05) is 31.9 Å². The van der Waals surface area contributed by atoms with Gasteiger partial charge in [-0.1, -0.05) is 12.1 Å². The summed E-state index contributed by atoms with van der Waals surface area (Å²) in [5, 5.41) is 0. The fourth-order valence-electron chi connectivity index (χ4n) is 3.20. The Labute approximate surface area is 120 Å². The second-order valence-corrected chi connectivity index (χ2v) is 7.66. The quantitative estimate of drug-likeness (QED) is 0.841. The third-order valence-corrected chi connectivity index (χ3v) is 6.06. The van der Waals surface area contributed by atoms with E-state index in [1.165, 1.54) is 6.42 Å². The van der Waals surface area contributed by atoms with Crippen molar-refractivity contribution in [3.63, 3.8) is 0 Å². The first kappa shape index (κ1) is 13.9. The molecule has 1 atom stereocenters. The molecule has 0 aromatic heterocycles. The van der Waals surface area contributed by atoms with Crippen molar-refractivity contribution in [2.24, 2.45) is 0 Å². The van der Waals surface area contributed by atoms with Crippen LogP contribution in [-0.4, -0.2) is 49.8 Å². The Morgan fingerprint density at radius 2 is 2.10 bits per heavy atom. The number of sulfonamides is 1. The largest absolute Gasteiger partial charge is 0.399 e. The van der Waals surface area contributed by atoms with E-state index < -0.39 is 10.0 Å². The van der Waals surface area contributed by atoms with Crippen molar-refractivity contribution in [1.29, 1.82) is 0 Å². The summed E-state index contributed by atoms with van der Waals surface area (Å²) in [6, 6.07) is 7.55. The second kappa shape index (κ2) is 5.35. The third-order valence-electron chi connectivity index (χ3n) is 4.24. The maximum Gasteiger partial charge on any atom is 0.218 e. The highest BCUT2D eigenvalue weighted by Gasteiger charge is 2.35. The first-order chi connectivity index (χ1) is 9.54. The minimum Gasteiger partial charge on any atom is -0.399 e. The molecule has 0 radical (unpaired) electrons. The van der Waals surface area contributed by atoms with Crippen LogP contribution >= 0.6 is 0 Å². The second-order valence-electron chi connectivity index (χ2n) is 5.69. The fourth-order valence-corrected chi connectivity index (χ4v) is 4.74. The van der Waals surface area contributed by atoms with Crippen LogP contribution in [0.25, 0.3) is 0 Å². The number of benzene rings is 1. The Hall–Kier alpha value is -1.11. The third kappa shape index (κ3) is 2.82. The summed E-state index contributed by atoms with van der Waals surface area (Å²) in [5.41, 5.74) is 7.08. The van der Waals surface area contributed by atoms with Gasteiger partial charge in [0, 0.05) is 31.4 Å². The van der Waals surface area contributed by atoms with Gasteiger partial charge in [-0.2, -0.15) is 4.31 Å². The number of anilines is 1. The maximum absolute atomic E-state index is 12.5. The smallest absolute Gasteiger partial charge is 0.218 e. The summed E-state index contributed by atoms with van der Waals surface area (Å²) in [5.74, 6) is 0.0464. The summed E-state index contributed by atoms with van der Waals surface area (Å²) in [4.78, 5) is 2.41. The van der Waals surface area contributed by atoms with Crippen molar-refractivity contribution >= 4 is 15.7 Å². The van der Waals surface area contributed by atoms with E-state index in [2.05, 4.69) is 4.90 Å². The zero-order valence-electron chi connectivity index (χ0n) is 11.5. The molecule has 0 aliphatic carbocycles. The lowest BCUT2D eigenvalue weighted by Gasteiger charge is -2.36. The number of hydrogen-bond donors (Lipinski definition) is 1. The molecule has 2 fully saturated rings. The van der Waals surface area contributed by atoms with Crippen LogP contribution < -0.4 is 5.73 Å². The molecule has 1 aromatic carbocycles. The Morgan fingerprint density at radius 1 is 1.25 bits per heavy atom. The molecule has 2 N–H and O–H groups in total. The van der Waals surface area contributed by atoms with Crippen LogP contribution in [-0.2, 0) is 15.8 Å². The predicted molar refractivity (Wildman–Crippen MR) is 79.6 cm³/mol. The van der Waals surface area contributed by atoms with Gasteiger partial charge in [0.25, 0.3) is 0 Å². The molecule has 3 rings (SSSR count). The topological polar surface area (TPSA) is 66.6 Å². The van der Waals surface area contributed by atoms with Crippen LogP contribution in [0.3, 0.4) is 0 Å². The van der Waals surface area contributed by atoms with E-state index in [1.807, 2.05) is 6.07 Å². The SMILES string of the molecule is Nc1cccc(CS(=O)(=O)N2CCN3CCCC3C2)c1. The first-order valence-electron chi connectivity index (χ1n) is 7.11. The van der Waals surface area contributed by atoms with Gasteiger partial charge in [0.05, 0.1) is 5.75 Å². The molecule has 2 saturated heterocycles.